The van der Waals surface area contributed by atoms with Crippen LogP contribution in [0, 0.1) is 0 Å². The van der Waals surface area contributed by atoms with Gasteiger partial charge in [0.25, 0.3) is 0 Å². The van der Waals surface area contributed by atoms with E-state index in [1.165, 1.54) is 13.0 Å². The van der Waals surface area contributed by atoms with Gasteiger partial charge in [0.1, 0.15) is 46.0 Å². The SMILES string of the molecule is C[C@H](NC(=O)OC(C)(C)C)C(=O)OC1CN(C)CCC1c1c(O)cc(O)c2c(=O)cc(-c3ccccc3Cl)oc12. The Morgan fingerprint density at radius 1 is 1.18 bits per heavy atom. The van der Waals surface area contributed by atoms with Crippen molar-refractivity contribution in [1.82, 2.24) is 10.2 Å². The van der Waals surface area contributed by atoms with Gasteiger partial charge in [-0.1, -0.05) is 23.7 Å². The number of likely N-dealkylation sites (tertiary alicyclic amines) is 1. The summed E-state index contributed by atoms with van der Waals surface area (Å²) in [6.07, 6.45) is -1.09. The lowest BCUT2D eigenvalue weighted by atomic mass is 9.85. The highest BCUT2D eigenvalue weighted by Crippen LogP contribution is 2.43. The van der Waals surface area contributed by atoms with E-state index in [9.17, 15) is 24.6 Å². The first-order valence-corrected chi connectivity index (χ1v) is 13.3. The lowest BCUT2D eigenvalue weighted by Gasteiger charge is -2.37. The van der Waals surface area contributed by atoms with E-state index in [1.807, 2.05) is 11.9 Å². The second-order valence-electron chi connectivity index (χ2n) is 11.0. The van der Waals surface area contributed by atoms with Gasteiger partial charge in [0.2, 0.25) is 0 Å². The Kier molecular flexibility index (Phi) is 8.32. The van der Waals surface area contributed by atoms with Crippen LogP contribution in [0.3, 0.4) is 0 Å². The summed E-state index contributed by atoms with van der Waals surface area (Å²) < 4.78 is 17.2. The fourth-order valence-corrected chi connectivity index (χ4v) is 5.02. The van der Waals surface area contributed by atoms with Gasteiger partial charge in [-0.25, -0.2) is 9.59 Å². The largest absolute Gasteiger partial charge is 0.507 e. The number of hydrogen-bond donors (Lipinski definition) is 3. The predicted octanol–water partition coefficient (Wildman–Crippen LogP) is 4.77. The number of aromatic hydroxyl groups is 2. The van der Waals surface area contributed by atoms with Crippen LogP contribution in [0.2, 0.25) is 5.02 Å². The first-order chi connectivity index (χ1) is 18.7. The number of phenols is 2. The fourth-order valence-electron chi connectivity index (χ4n) is 4.79. The number of hydrogen-bond acceptors (Lipinski definition) is 9. The molecule has 214 valence electrons. The maximum atomic E-state index is 13.2. The zero-order chi connectivity index (χ0) is 29.4. The Labute approximate surface area is 236 Å². The Bertz CT molecular complexity index is 1500. The van der Waals surface area contributed by atoms with Gasteiger partial charge in [-0.15, -0.1) is 0 Å². The molecule has 0 bridgehead atoms. The Morgan fingerprint density at radius 3 is 2.55 bits per heavy atom. The van der Waals surface area contributed by atoms with E-state index in [4.69, 9.17) is 25.5 Å². The van der Waals surface area contributed by atoms with Gasteiger partial charge in [-0.3, -0.25) is 4.79 Å². The van der Waals surface area contributed by atoms with E-state index in [2.05, 4.69) is 5.32 Å². The second-order valence-corrected chi connectivity index (χ2v) is 11.4. The molecule has 3 atom stereocenters. The van der Waals surface area contributed by atoms with Crippen molar-refractivity contribution in [2.45, 2.75) is 57.8 Å². The quantitative estimate of drug-likeness (QED) is 0.369. The maximum absolute atomic E-state index is 13.2. The van der Waals surface area contributed by atoms with Crippen LogP contribution in [0.4, 0.5) is 4.79 Å². The van der Waals surface area contributed by atoms with Gasteiger partial charge in [-0.2, -0.15) is 0 Å². The number of carbonyl (C=O) groups excluding carboxylic acids is 2. The highest BCUT2D eigenvalue weighted by molar-refractivity contribution is 6.33. The molecule has 0 aliphatic carbocycles. The smallest absolute Gasteiger partial charge is 0.408 e. The lowest BCUT2D eigenvalue weighted by molar-refractivity contribution is -0.154. The van der Waals surface area contributed by atoms with Crippen LogP contribution < -0.4 is 10.7 Å². The fraction of sp³-hybridized carbons (Fsp3) is 0.414. The van der Waals surface area contributed by atoms with E-state index in [-0.39, 0.29) is 28.0 Å². The van der Waals surface area contributed by atoms with E-state index in [1.54, 1.807) is 45.0 Å². The molecule has 2 aromatic carbocycles. The minimum Gasteiger partial charge on any atom is -0.507 e. The van der Waals surface area contributed by atoms with Crippen molar-refractivity contribution in [3.8, 4) is 22.8 Å². The second kappa shape index (κ2) is 11.4. The number of benzene rings is 2. The summed E-state index contributed by atoms with van der Waals surface area (Å²) in [6, 6.07) is 8.13. The molecule has 1 aliphatic rings. The number of piperidine rings is 1. The number of amides is 1. The third-order valence-electron chi connectivity index (χ3n) is 6.62. The van der Waals surface area contributed by atoms with Gasteiger partial charge in [0.15, 0.2) is 5.43 Å². The molecule has 1 fully saturated rings. The average molecular weight is 573 g/mol. The number of likely N-dealkylation sites (N-methyl/N-ethyl adjacent to an activating group) is 1. The zero-order valence-electron chi connectivity index (χ0n) is 23.0. The molecular weight excluding hydrogens is 540 g/mol. The monoisotopic (exact) mass is 572 g/mol. The zero-order valence-corrected chi connectivity index (χ0v) is 23.7. The Morgan fingerprint density at radius 2 is 1.88 bits per heavy atom. The van der Waals surface area contributed by atoms with Gasteiger partial charge < -0.3 is 34.3 Å². The molecule has 4 rings (SSSR count). The molecule has 1 aliphatic heterocycles. The first-order valence-electron chi connectivity index (χ1n) is 12.9. The average Bonchev–Trinajstić information content (AvgIpc) is 2.83. The van der Waals surface area contributed by atoms with Crippen LogP contribution in [0.25, 0.3) is 22.3 Å². The molecule has 0 radical (unpaired) electrons. The van der Waals surface area contributed by atoms with Crippen LogP contribution in [0.15, 0.2) is 45.6 Å². The third kappa shape index (κ3) is 6.34. The van der Waals surface area contributed by atoms with Crippen LogP contribution in [-0.4, -0.2) is 65.1 Å². The highest BCUT2D eigenvalue weighted by Gasteiger charge is 2.37. The molecule has 1 amide bonds. The molecule has 2 heterocycles. The minimum absolute atomic E-state index is 0.0181. The molecule has 11 heteroatoms. The number of esters is 1. The Balaban J connectivity index is 1.73. The van der Waals surface area contributed by atoms with Gasteiger partial charge in [0.05, 0.1) is 5.02 Å². The van der Waals surface area contributed by atoms with Crippen molar-refractivity contribution >= 4 is 34.6 Å². The molecule has 3 N–H and O–H groups in total. The Hall–Kier alpha value is -3.76. The van der Waals surface area contributed by atoms with E-state index in [0.29, 0.717) is 30.1 Å². The highest BCUT2D eigenvalue weighted by atomic mass is 35.5. The van der Waals surface area contributed by atoms with Crippen molar-refractivity contribution in [2.75, 3.05) is 20.1 Å². The summed E-state index contributed by atoms with van der Waals surface area (Å²) in [5, 5.41) is 24.3. The summed E-state index contributed by atoms with van der Waals surface area (Å²) >= 11 is 6.35. The minimum atomic E-state index is -1.02. The van der Waals surface area contributed by atoms with Gasteiger partial charge in [-0.05, 0) is 59.8 Å². The van der Waals surface area contributed by atoms with E-state index in [0.717, 1.165) is 6.07 Å². The molecular formula is C29H33ClN2O8. The van der Waals surface area contributed by atoms with Gasteiger partial charge >= 0.3 is 12.1 Å². The number of carbonyl (C=O) groups is 2. The number of phenolic OH excluding ortho intramolecular Hbond substituents is 2. The molecule has 1 aromatic heterocycles. The molecule has 2 unspecified atom stereocenters. The van der Waals surface area contributed by atoms with Crippen LogP contribution in [0.1, 0.15) is 45.6 Å². The molecule has 3 aromatic rings. The topological polar surface area (TPSA) is 139 Å². The standard InChI is InChI=1S/C29H33ClN2O8/c1-15(31-28(37)40-29(2,3)4)27(36)39-23-14-32(5)11-10-17(23)24-19(33)12-20(34)25-21(35)13-22(38-26(24)25)16-8-6-7-9-18(16)30/h6-9,12-13,15,17,23,33-34H,10-11,14H2,1-5H3,(H,31,37)/t15-,17?,23?/m0/s1. The summed E-state index contributed by atoms with van der Waals surface area (Å²) in [4.78, 5) is 40.3. The molecule has 40 heavy (non-hydrogen) atoms. The van der Waals surface area contributed by atoms with Crippen molar-refractivity contribution in [3.05, 3.63) is 57.2 Å². The summed E-state index contributed by atoms with van der Waals surface area (Å²) in [5.41, 5.74) is -0.584. The number of fused-ring (bicyclic) bond motifs is 1. The summed E-state index contributed by atoms with van der Waals surface area (Å²) in [7, 11) is 1.86. The number of alkyl carbamates (subject to hydrolysis) is 1. The van der Waals surface area contributed by atoms with Crippen LogP contribution >= 0.6 is 11.6 Å². The maximum Gasteiger partial charge on any atom is 0.408 e. The molecule has 0 spiro atoms. The molecule has 0 saturated carbocycles. The van der Waals surface area contributed by atoms with Crippen molar-refractivity contribution in [1.29, 1.82) is 0 Å². The summed E-state index contributed by atoms with van der Waals surface area (Å²) in [5.74, 6) is -1.88. The number of nitrogens with one attached hydrogen (secondary N) is 1. The summed E-state index contributed by atoms with van der Waals surface area (Å²) in [6.45, 7) is 7.52. The predicted molar refractivity (Wildman–Crippen MR) is 150 cm³/mol. The van der Waals surface area contributed by atoms with Crippen molar-refractivity contribution in [2.24, 2.45) is 0 Å². The normalized spacial score (nSPS) is 18.8. The number of nitrogens with zero attached hydrogens (tertiary/aromatic N) is 1. The number of halogens is 1. The van der Waals surface area contributed by atoms with Crippen molar-refractivity contribution in [3.63, 3.8) is 0 Å². The van der Waals surface area contributed by atoms with E-state index >= 15 is 0 Å². The van der Waals surface area contributed by atoms with Crippen LogP contribution in [0.5, 0.6) is 11.5 Å². The number of ether oxygens (including phenoxy) is 2. The van der Waals surface area contributed by atoms with Gasteiger partial charge in [0, 0.05) is 35.7 Å². The van der Waals surface area contributed by atoms with E-state index < -0.39 is 46.9 Å². The molecule has 1 saturated heterocycles. The van der Waals surface area contributed by atoms with Crippen LogP contribution in [-0.2, 0) is 14.3 Å². The molecule has 10 nitrogen and oxygen atoms in total. The lowest BCUT2D eigenvalue weighted by Crippen LogP contribution is -2.47. The third-order valence-corrected chi connectivity index (χ3v) is 6.95. The van der Waals surface area contributed by atoms with Crippen molar-refractivity contribution < 1.29 is 33.7 Å². The number of rotatable bonds is 5. The first kappa shape index (κ1) is 29.2.